The second-order valence-corrected chi connectivity index (χ2v) is 8.12. The minimum absolute atomic E-state index is 0.0975. The van der Waals surface area contributed by atoms with E-state index >= 15 is 0 Å². The second-order valence-electron chi connectivity index (χ2n) is 6.35. The molecule has 1 amide bonds. The molecule has 0 radical (unpaired) electrons. The lowest BCUT2D eigenvalue weighted by Gasteiger charge is -2.15. The number of benzene rings is 2. The number of hydrogen-bond donors (Lipinski definition) is 2. The van der Waals surface area contributed by atoms with Crippen molar-refractivity contribution in [2.75, 3.05) is 6.54 Å². The predicted molar refractivity (Wildman–Crippen MR) is 98.6 cm³/mol. The first-order valence-electron chi connectivity index (χ1n) is 8.41. The van der Waals surface area contributed by atoms with Crippen LogP contribution < -0.4 is 10.0 Å². The van der Waals surface area contributed by atoms with Gasteiger partial charge in [0.2, 0.25) is 15.9 Å². The van der Waals surface area contributed by atoms with Crippen molar-refractivity contribution in [2.24, 2.45) is 0 Å². The van der Waals surface area contributed by atoms with Crippen LogP contribution in [0.1, 0.15) is 36.1 Å². The fraction of sp³-hybridized carbons (Fsp3) is 0.316. The fourth-order valence-electron chi connectivity index (χ4n) is 2.51. The number of rotatable bonds is 7. The number of amides is 1. The minimum atomic E-state index is -3.72. The van der Waals surface area contributed by atoms with E-state index in [0.717, 1.165) is 23.3 Å². The van der Waals surface area contributed by atoms with Crippen LogP contribution in [0.2, 0.25) is 0 Å². The summed E-state index contributed by atoms with van der Waals surface area (Å²) in [5, 5.41) is 2.56. The standard InChI is InChI=1S/C19H22F2N2O3S/c1-12-4-6-16(10-13(12)2)27(25,26)22-9-8-19(24)23-14(3)17-7-5-15(20)11-18(17)21/h4-7,10-11,14,22H,8-9H2,1-3H3,(H,23,24)/t14-/m0/s1. The zero-order valence-electron chi connectivity index (χ0n) is 15.3. The van der Waals surface area contributed by atoms with Gasteiger partial charge in [0.25, 0.3) is 0 Å². The molecule has 0 aliphatic heterocycles. The van der Waals surface area contributed by atoms with Gasteiger partial charge >= 0.3 is 0 Å². The van der Waals surface area contributed by atoms with Crippen molar-refractivity contribution in [2.45, 2.75) is 38.1 Å². The van der Waals surface area contributed by atoms with Gasteiger partial charge in [-0.1, -0.05) is 12.1 Å². The van der Waals surface area contributed by atoms with Crippen molar-refractivity contribution in [3.63, 3.8) is 0 Å². The predicted octanol–water partition coefficient (Wildman–Crippen LogP) is 3.13. The average molecular weight is 396 g/mol. The summed E-state index contributed by atoms with van der Waals surface area (Å²) in [6, 6.07) is 7.23. The van der Waals surface area contributed by atoms with Crippen LogP contribution in [0.15, 0.2) is 41.3 Å². The molecule has 8 heteroatoms. The van der Waals surface area contributed by atoms with Gasteiger partial charge in [0.05, 0.1) is 10.9 Å². The number of hydrogen-bond acceptors (Lipinski definition) is 3. The topological polar surface area (TPSA) is 75.3 Å². The zero-order chi connectivity index (χ0) is 20.2. The molecule has 1 atom stereocenters. The summed E-state index contributed by atoms with van der Waals surface area (Å²) in [7, 11) is -3.72. The maximum Gasteiger partial charge on any atom is 0.240 e. The lowest BCUT2D eigenvalue weighted by atomic mass is 10.1. The molecule has 0 saturated carbocycles. The Morgan fingerprint density at radius 1 is 1.07 bits per heavy atom. The van der Waals surface area contributed by atoms with Crippen molar-refractivity contribution in [3.05, 3.63) is 64.7 Å². The molecule has 0 spiro atoms. The molecule has 0 aliphatic carbocycles. The van der Waals surface area contributed by atoms with E-state index in [9.17, 15) is 22.0 Å². The van der Waals surface area contributed by atoms with Crippen molar-refractivity contribution in [3.8, 4) is 0 Å². The normalized spacial score (nSPS) is 12.6. The lowest BCUT2D eigenvalue weighted by molar-refractivity contribution is -0.121. The van der Waals surface area contributed by atoms with E-state index in [-0.39, 0.29) is 23.4 Å². The van der Waals surface area contributed by atoms with E-state index in [1.54, 1.807) is 19.1 Å². The Balaban J connectivity index is 1.90. The first kappa shape index (κ1) is 21.0. The molecule has 0 aliphatic rings. The van der Waals surface area contributed by atoms with Gasteiger partial charge in [-0.3, -0.25) is 4.79 Å². The molecule has 0 unspecified atom stereocenters. The van der Waals surface area contributed by atoms with Gasteiger partial charge in [-0.2, -0.15) is 0 Å². The molecule has 0 heterocycles. The summed E-state index contributed by atoms with van der Waals surface area (Å²) in [4.78, 5) is 12.1. The molecule has 146 valence electrons. The van der Waals surface area contributed by atoms with Gasteiger partial charge in [-0.05, 0) is 50.1 Å². The molecule has 0 saturated heterocycles. The largest absolute Gasteiger partial charge is 0.349 e. The second kappa shape index (κ2) is 8.58. The summed E-state index contributed by atoms with van der Waals surface area (Å²) >= 11 is 0. The Bertz CT molecular complexity index is 946. The van der Waals surface area contributed by atoms with Crippen molar-refractivity contribution in [1.29, 1.82) is 0 Å². The third kappa shape index (κ3) is 5.58. The number of aryl methyl sites for hydroxylation is 2. The monoisotopic (exact) mass is 396 g/mol. The van der Waals surface area contributed by atoms with Crippen LogP contribution in [0.4, 0.5) is 8.78 Å². The maximum atomic E-state index is 13.7. The molecule has 2 aromatic carbocycles. The molecule has 0 bridgehead atoms. The highest BCUT2D eigenvalue weighted by Gasteiger charge is 2.17. The van der Waals surface area contributed by atoms with Gasteiger partial charge in [0.1, 0.15) is 11.6 Å². The van der Waals surface area contributed by atoms with Crippen molar-refractivity contribution < 1.29 is 22.0 Å². The number of sulfonamides is 1. The molecule has 27 heavy (non-hydrogen) atoms. The average Bonchev–Trinajstić information content (AvgIpc) is 2.56. The Hall–Kier alpha value is -2.32. The van der Waals surface area contributed by atoms with Crippen LogP contribution in [0.5, 0.6) is 0 Å². The van der Waals surface area contributed by atoms with Crippen LogP contribution in [0.3, 0.4) is 0 Å². The maximum absolute atomic E-state index is 13.7. The fourth-order valence-corrected chi connectivity index (χ4v) is 3.62. The van der Waals surface area contributed by atoms with Crippen LogP contribution in [0, 0.1) is 25.5 Å². The number of carbonyl (C=O) groups is 1. The van der Waals surface area contributed by atoms with Gasteiger partial charge in [-0.15, -0.1) is 0 Å². The summed E-state index contributed by atoms with van der Waals surface area (Å²) in [6.07, 6.45) is -0.114. The van der Waals surface area contributed by atoms with Crippen LogP contribution >= 0.6 is 0 Å². The van der Waals surface area contributed by atoms with E-state index in [2.05, 4.69) is 10.0 Å². The Morgan fingerprint density at radius 2 is 1.78 bits per heavy atom. The van der Waals surface area contributed by atoms with Crippen molar-refractivity contribution >= 4 is 15.9 Å². The molecular formula is C19H22F2N2O3S. The first-order valence-corrected chi connectivity index (χ1v) is 9.89. The zero-order valence-corrected chi connectivity index (χ0v) is 16.2. The highest BCUT2D eigenvalue weighted by Crippen LogP contribution is 2.18. The highest BCUT2D eigenvalue weighted by atomic mass is 32.2. The molecule has 2 rings (SSSR count). The lowest BCUT2D eigenvalue weighted by Crippen LogP contribution is -2.32. The number of halogens is 2. The van der Waals surface area contributed by atoms with E-state index in [4.69, 9.17) is 0 Å². The van der Waals surface area contributed by atoms with Crippen LogP contribution in [0.25, 0.3) is 0 Å². The SMILES string of the molecule is Cc1ccc(S(=O)(=O)NCCC(=O)N[C@@H](C)c2ccc(F)cc2F)cc1C. The first-order chi connectivity index (χ1) is 12.6. The quantitative estimate of drug-likeness (QED) is 0.755. The van der Waals surface area contributed by atoms with E-state index in [0.29, 0.717) is 0 Å². The van der Waals surface area contributed by atoms with Crippen molar-refractivity contribution in [1.82, 2.24) is 10.0 Å². The summed E-state index contributed by atoms with van der Waals surface area (Å²) in [5.41, 5.74) is 1.99. The molecule has 2 N–H and O–H groups in total. The molecule has 0 fully saturated rings. The van der Waals surface area contributed by atoms with E-state index < -0.39 is 33.6 Å². The molecule has 0 aromatic heterocycles. The van der Waals surface area contributed by atoms with Gasteiger partial charge in [0.15, 0.2) is 0 Å². The molecular weight excluding hydrogens is 374 g/mol. The van der Waals surface area contributed by atoms with E-state index in [1.807, 2.05) is 13.8 Å². The van der Waals surface area contributed by atoms with Crippen LogP contribution in [-0.2, 0) is 14.8 Å². The third-order valence-electron chi connectivity index (χ3n) is 4.24. The highest BCUT2D eigenvalue weighted by molar-refractivity contribution is 7.89. The Morgan fingerprint density at radius 3 is 2.41 bits per heavy atom. The van der Waals surface area contributed by atoms with Gasteiger partial charge in [-0.25, -0.2) is 21.9 Å². The molecule has 5 nitrogen and oxygen atoms in total. The minimum Gasteiger partial charge on any atom is -0.349 e. The summed E-state index contributed by atoms with van der Waals surface area (Å²) in [5.74, 6) is -1.90. The summed E-state index contributed by atoms with van der Waals surface area (Å²) < 4.78 is 53.6. The smallest absolute Gasteiger partial charge is 0.240 e. The number of nitrogens with one attached hydrogen (secondary N) is 2. The van der Waals surface area contributed by atoms with Crippen LogP contribution in [-0.4, -0.2) is 20.9 Å². The number of carbonyl (C=O) groups excluding carboxylic acids is 1. The van der Waals surface area contributed by atoms with Gasteiger partial charge in [0, 0.05) is 24.6 Å². The van der Waals surface area contributed by atoms with Gasteiger partial charge < -0.3 is 5.32 Å². The molecule has 2 aromatic rings. The third-order valence-corrected chi connectivity index (χ3v) is 5.70. The Kier molecular flexibility index (Phi) is 6.67. The summed E-state index contributed by atoms with van der Waals surface area (Å²) in [6.45, 7) is 5.17. The van der Waals surface area contributed by atoms with E-state index in [1.165, 1.54) is 12.1 Å². The Labute approximate surface area is 157 Å².